The normalized spacial score (nSPS) is 16.2. The van der Waals surface area contributed by atoms with Gasteiger partial charge >= 0.3 is 11.7 Å². The fourth-order valence-corrected chi connectivity index (χ4v) is 3.40. The third-order valence-electron chi connectivity index (χ3n) is 4.67. The number of rotatable bonds is 5. The van der Waals surface area contributed by atoms with Crippen LogP contribution in [0.4, 0.5) is 5.69 Å². The first-order valence-corrected chi connectivity index (χ1v) is 8.28. The van der Waals surface area contributed by atoms with Crippen LogP contribution in [0, 0.1) is 10.1 Å². The Balaban J connectivity index is 2.06. The van der Waals surface area contributed by atoms with E-state index < -0.39 is 16.5 Å². The van der Waals surface area contributed by atoms with E-state index in [0.29, 0.717) is 0 Å². The van der Waals surface area contributed by atoms with Crippen molar-refractivity contribution in [2.24, 2.45) is 0 Å². The first-order chi connectivity index (χ1) is 12.0. The summed E-state index contributed by atoms with van der Waals surface area (Å²) >= 11 is 0. The van der Waals surface area contributed by atoms with E-state index in [4.69, 9.17) is 4.74 Å². The average Bonchev–Trinajstić information content (AvgIpc) is 2.63. The molecule has 0 saturated heterocycles. The third kappa shape index (κ3) is 3.47. The Kier molecular flexibility index (Phi) is 4.70. The van der Waals surface area contributed by atoms with Gasteiger partial charge in [0.15, 0.2) is 5.75 Å². The fourth-order valence-electron chi connectivity index (χ4n) is 3.40. The molecule has 0 unspecified atom stereocenters. The number of hydrogen-bond donors (Lipinski definition) is 1. The van der Waals surface area contributed by atoms with Crippen molar-refractivity contribution in [1.29, 1.82) is 0 Å². The Morgan fingerprint density at radius 2 is 1.76 bits per heavy atom. The molecular formula is C19H19NO5. The van der Waals surface area contributed by atoms with Gasteiger partial charge < -0.3 is 9.84 Å². The quantitative estimate of drug-likeness (QED) is 0.637. The topological polar surface area (TPSA) is 89.7 Å². The molecule has 1 aliphatic carbocycles. The lowest BCUT2D eigenvalue weighted by Crippen LogP contribution is -2.35. The molecule has 0 aromatic heterocycles. The Bertz CT molecular complexity index is 782. The van der Waals surface area contributed by atoms with Gasteiger partial charge in [-0.15, -0.1) is 0 Å². The number of ether oxygens (including phenoxy) is 1. The van der Waals surface area contributed by atoms with Crippen molar-refractivity contribution in [3.05, 3.63) is 69.8 Å². The fraction of sp³-hybridized carbons (Fsp3) is 0.316. The molecule has 0 amide bonds. The van der Waals surface area contributed by atoms with E-state index in [1.54, 1.807) is 0 Å². The molecule has 6 nitrogen and oxygen atoms in total. The summed E-state index contributed by atoms with van der Waals surface area (Å²) in [4.78, 5) is 22.1. The maximum absolute atomic E-state index is 11.4. The summed E-state index contributed by atoms with van der Waals surface area (Å²) in [5, 5.41) is 20.6. The minimum Gasteiger partial charge on any atom is -0.478 e. The van der Waals surface area contributed by atoms with Crippen LogP contribution in [0.15, 0.2) is 48.5 Å². The SMILES string of the molecule is O=C(O)c1ccc([N+](=O)[O-])c(OC2(c3ccccc3)CCCCC2)c1. The van der Waals surface area contributed by atoms with Crippen LogP contribution in [0.3, 0.4) is 0 Å². The number of benzene rings is 2. The minimum atomic E-state index is -1.14. The molecule has 1 saturated carbocycles. The molecular weight excluding hydrogens is 322 g/mol. The molecule has 25 heavy (non-hydrogen) atoms. The van der Waals surface area contributed by atoms with Gasteiger partial charge in [-0.2, -0.15) is 0 Å². The Morgan fingerprint density at radius 3 is 2.36 bits per heavy atom. The molecule has 1 fully saturated rings. The van der Waals surface area contributed by atoms with Crippen LogP contribution in [0.2, 0.25) is 0 Å². The molecule has 6 heteroatoms. The van der Waals surface area contributed by atoms with Gasteiger partial charge in [0.1, 0.15) is 5.60 Å². The molecule has 1 aliphatic rings. The van der Waals surface area contributed by atoms with Crippen molar-refractivity contribution in [1.82, 2.24) is 0 Å². The number of hydrogen-bond acceptors (Lipinski definition) is 4. The van der Waals surface area contributed by atoms with Crippen molar-refractivity contribution in [2.45, 2.75) is 37.7 Å². The number of carboxylic acids is 1. The second-order valence-electron chi connectivity index (χ2n) is 6.27. The van der Waals surface area contributed by atoms with Crippen LogP contribution in [0.1, 0.15) is 48.0 Å². The summed E-state index contributed by atoms with van der Waals surface area (Å²) in [5.74, 6) is -1.13. The smallest absolute Gasteiger partial charge is 0.335 e. The summed E-state index contributed by atoms with van der Waals surface area (Å²) in [6.45, 7) is 0. The van der Waals surface area contributed by atoms with Crippen molar-refractivity contribution in [2.75, 3.05) is 0 Å². The lowest BCUT2D eigenvalue weighted by molar-refractivity contribution is -0.386. The van der Waals surface area contributed by atoms with Gasteiger partial charge in [0.2, 0.25) is 0 Å². The van der Waals surface area contributed by atoms with E-state index in [2.05, 4.69) is 0 Å². The highest BCUT2D eigenvalue weighted by Gasteiger charge is 2.38. The van der Waals surface area contributed by atoms with Gasteiger partial charge in [-0.05, 0) is 37.3 Å². The Labute approximate surface area is 145 Å². The zero-order valence-electron chi connectivity index (χ0n) is 13.7. The van der Waals surface area contributed by atoms with Gasteiger partial charge in [-0.3, -0.25) is 10.1 Å². The van der Waals surface area contributed by atoms with E-state index >= 15 is 0 Å². The number of nitro benzene ring substituents is 1. The maximum Gasteiger partial charge on any atom is 0.335 e. The minimum absolute atomic E-state index is 0.00986. The molecule has 1 N–H and O–H groups in total. The molecule has 0 heterocycles. The molecule has 0 bridgehead atoms. The van der Waals surface area contributed by atoms with Crippen LogP contribution in [0.5, 0.6) is 5.75 Å². The summed E-state index contributed by atoms with van der Waals surface area (Å²) in [5.41, 5.74) is 0.0525. The zero-order valence-corrected chi connectivity index (χ0v) is 13.7. The van der Waals surface area contributed by atoms with Crippen LogP contribution >= 0.6 is 0 Å². The maximum atomic E-state index is 11.4. The number of carbonyl (C=O) groups is 1. The van der Waals surface area contributed by atoms with Crippen molar-refractivity contribution < 1.29 is 19.6 Å². The molecule has 0 aliphatic heterocycles. The Morgan fingerprint density at radius 1 is 1.08 bits per heavy atom. The first kappa shape index (κ1) is 17.0. The van der Waals surface area contributed by atoms with Gasteiger partial charge in [0.05, 0.1) is 10.5 Å². The van der Waals surface area contributed by atoms with Crippen LogP contribution in [-0.2, 0) is 5.60 Å². The summed E-state index contributed by atoms with van der Waals surface area (Å²) in [6, 6.07) is 13.3. The number of nitrogens with zero attached hydrogens (tertiary/aromatic N) is 1. The second-order valence-corrected chi connectivity index (χ2v) is 6.27. The number of carboxylic acid groups (broad SMARTS) is 1. The van der Waals surface area contributed by atoms with Gasteiger partial charge in [0, 0.05) is 12.1 Å². The molecule has 0 radical (unpaired) electrons. The van der Waals surface area contributed by atoms with E-state index in [1.165, 1.54) is 18.2 Å². The predicted molar refractivity (Wildman–Crippen MR) is 91.9 cm³/mol. The lowest BCUT2D eigenvalue weighted by Gasteiger charge is -2.38. The highest BCUT2D eigenvalue weighted by atomic mass is 16.6. The molecule has 130 valence electrons. The second kappa shape index (κ2) is 6.93. The van der Waals surface area contributed by atoms with Crippen molar-refractivity contribution >= 4 is 11.7 Å². The number of nitro groups is 1. The summed E-state index contributed by atoms with van der Waals surface area (Å²) < 4.78 is 6.21. The third-order valence-corrected chi connectivity index (χ3v) is 4.67. The monoisotopic (exact) mass is 341 g/mol. The molecule has 2 aromatic carbocycles. The van der Waals surface area contributed by atoms with E-state index in [1.807, 2.05) is 30.3 Å². The molecule has 3 rings (SSSR count). The van der Waals surface area contributed by atoms with Crippen molar-refractivity contribution in [3.8, 4) is 5.75 Å². The average molecular weight is 341 g/mol. The van der Waals surface area contributed by atoms with Gasteiger partial charge in [-0.1, -0.05) is 36.8 Å². The van der Waals surface area contributed by atoms with Crippen molar-refractivity contribution in [3.63, 3.8) is 0 Å². The molecule has 0 atom stereocenters. The largest absolute Gasteiger partial charge is 0.478 e. The van der Waals surface area contributed by atoms with E-state index in [9.17, 15) is 20.0 Å². The standard InChI is InChI=1S/C19H19NO5/c21-18(22)14-9-10-16(20(23)24)17(13-14)25-19(11-5-2-6-12-19)15-7-3-1-4-8-15/h1,3-4,7-10,13H,2,5-6,11-12H2,(H,21,22). The van der Waals surface area contributed by atoms with E-state index in [0.717, 1.165) is 37.7 Å². The van der Waals surface area contributed by atoms with Crippen LogP contribution in [-0.4, -0.2) is 16.0 Å². The van der Waals surface area contributed by atoms with Gasteiger partial charge in [-0.25, -0.2) is 4.79 Å². The lowest BCUT2D eigenvalue weighted by atomic mass is 9.79. The zero-order chi connectivity index (χ0) is 17.9. The summed E-state index contributed by atoms with van der Waals surface area (Å²) in [7, 11) is 0. The number of aromatic carboxylic acids is 1. The van der Waals surface area contributed by atoms with E-state index in [-0.39, 0.29) is 17.0 Å². The molecule has 0 spiro atoms. The van der Waals surface area contributed by atoms with Gasteiger partial charge in [0.25, 0.3) is 0 Å². The highest BCUT2D eigenvalue weighted by Crippen LogP contribution is 2.43. The Hall–Kier alpha value is -2.89. The molecule has 2 aromatic rings. The predicted octanol–water partition coefficient (Wildman–Crippen LogP) is 4.53. The van der Waals surface area contributed by atoms with Crippen LogP contribution < -0.4 is 4.74 Å². The summed E-state index contributed by atoms with van der Waals surface area (Å²) in [6.07, 6.45) is 4.49. The first-order valence-electron chi connectivity index (χ1n) is 8.28. The van der Waals surface area contributed by atoms with Crippen LogP contribution in [0.25, 0.3) is 0 Å². The highest BCUT2D eigenvalue weighted by molar-refractivity contribution is 5.88.